The third-order valence-corrected chi connectivity index (χ3v) is 3.98. The summed E-state index contributed by atoms with van der Waals surface area (Å²) in [5, 5.41) is 6.05. The zero-order chi connectivity index (χ0) is 17.6. The fraction of sp³-hybridized carbons (Fsp3) is 0.150. The Hall–Kier alpha value is -3.21. The predicted molar refractivity (Wildman–Crippen MR) is 98.8 cm³/mol. The lowest BCUT2D eigenvalue weighted by molar-refractivity contribution is 0.0946. The molecule has 3 aromatic rings. The van der Waals surface area contributed by atoms with Gasteiger partial charge in [-0.15, -0.1) is 0 Å². The molecule has 1 amide bonds. The number of carbonyl (C=O) groups excluding carboxylic acids is 1. The van der Waals surface area contributed by atoms with E-state index in [9.17, 15) is 4.79 Å². The molecule has 0 fully saturated rings. The van der Waals surface area contributed by atoms with Crippen molar-refractivity contribution in [2.24, 2.45) is 0 Å². The molecule has 126 valence electrons. The van der Waals surface area contributed by atoms with Crippen LogP contribution in [0.15, 0.2) is 60.8 Å². The average molecular weight is 332 g/mol. The summed E-state index contributed by atoms with van der Waals surface area (Å²) in [5.74, 6) is 0.177. The average Bonchev–Trinajstić information content (AvgIpc) is 2.63. The van der Waals surface area contributed by atoms with Gasteiger partial charge in [0.15, 0.2) is 0 Å². The molecule has 0 saturated heterocycles. The fourth-order valence-corrected chi connectivity index (χ4v) is 2.45. The molecule has 0 unspecified atom stereocenters. The smallest absolute Gasteiger partial charge is 0.270 e. The summed E-state index contributed by atoms with van der Waals surface area (Å²) >= 11 is 0. The summed E-state index contributed by atoms with van der Waals surface area (Å²) < 4.78 is 0. The first kappa shape index (κ1) is 16.6. The van der Waals surface area contributed by atoms with E-state index in [1.54, 1.807) is 12.3 Å². The van der Waals surface area contributed by atoms with Crippen molar-refractivity contribution in [2.75, 3.05) is 5.32 Å². The molecule has 1 aromatic heterocycles. The summed E-state index contributed by atoms with van der Waals surface area (Å²) in [6.07, 6.45) is 1.58. The van der Waals surface area contributed by atoms with Crippen LogP contribution >= 0.6 is 0 Å². The summed E-state index contributed by atoms with van der Waals surface area (Å²) in [7, 11) is 0. The first-order valence-corrected chi connectivity index (χ1v) is 8.12. The lowest BCUT2D eigenvalue weighted by Crippen LogP contribution is -2.24. The highest BCUT2D eigenvalue weighted by Crippen LogP contribution is 2.17. The second kappa shape index (κ2) is 7.57. The number of hydrogen-bond donors (Lipinski definition) is 2. The van der Waals surface area contributed by atoms with E-state index < -0.39 is 0 Å². The fourth-order valence-electron chi connectivity index (χ4n) is 2.45. The highest BCUT2D eigenvalue weighted by atomic mass is 16.1. The monoisotopic (exact) mass is 332 g/mol. The largest absolute Gasteiger partial charge is 0.347 e. The lowest BCUT2D eigenvalue weighted by Gasteiger charge is -2.10. The number of aryl methyl sites for hydroxylation is 2. The maximum absolute atomic E-state index is 12.4. The van der Waals surface area contributed by atoms with Crippen LogP contribution in [0.1, 0.15) is 27.2 Å². The molecule has 0 spiro atoms. The number of anilines is 2. The van der Waals surface area contributed by atoms with Crippen LogP contribution in [-0.4, -0.2) is 15.9 Å². The minimum absolute atomic E-state index is 0.224. The molecule has 0 aliphatic carbocycles. The molecule has 0 saturated carbocycles. The van der Waals surface area contributed by atoms with Crippen LogP contribution in [0.3, 0.4) is 0 Å². The Labute approximate surface area is 147 Å². The van der Waals surface area contributed by atoms with E-state index >= 15 is 0 Å². The molecule has 0 aliphatic heterocycles. The van der Waals surface area contributed by atoms with E-state index in [4.69, 9.17) is 0 Å². The summed E-state index contributed by atoms with van der Waals surface area (Å²) in [4.78, 5) is 20.9. The minimum atomic E-state index is -0.224. The van der Waals surface area contributed by atoms with Crippen LogP contribution < -0.4 is 10.6 Å². The van der Waals surface area contributed by atoms with Crippen molar-refractivity contribution < 1.29 is 4.79 Å². The Morgan fingerprint density at radius 2 is 1.68 bits per heavy atom. The Kier molecular flexibility index (Phi) is 5.04. The molecule has 1 heterocycles. The molecule has 0 aliphatic rings. The number of carbonyl (C=O) groups is 1. The van der Waals surface area contributed by atoms with Gasteiger partial charge in [0, 0.05) is 18.4 Å². The molecule has 25 heavy (non-hydrogen) atoms. The highest BCUT2D eigenvalue weighted by molar-refractivity contribution is 5.92. The van der Waals surface area contributed by atoms with Crippen LogP contribution in [0.25, 0.3) is 0 Å². The Balaban J connectivity index is 1.69. The van der Waals surface area contributed by atoms with E-state index in [0.717, 1.165) is 22.4 Å². The number of aromatic nitrogens is 2. The third kappa shape index (κ3) is 4.20. The number of rotatable bonds is 5. The molecular formula is C20H20N4O. The van der Waals surface area contributed by atoms with E-state index in [1.807, 2.05) is 62.4 Å². The van der Waals surface area contributed by atoms with Crippen molar-refractivity contribution in [3.63, 3.8) is 0 Å². The normalized spacial score (nSPS) is 10.3. The van der Waals surface area contributed by atoms with Crippen LogP contribution in [0.5, 0.6) is 0 Å². The predicted octanol–water partition coefficient (Wildman–Crippen LogP) is 3.77. The summed E-state index contributed by atoms with van der Waals surface area (Å²) in [6.45, 7) is 4.49. The number of para-hydroxylation sites is 1. The topological polar surface area (TPSA) is 66.9 Å². The van der Waals surface area contributed by atoms with Gasteiger partial charge in [-0.05, 0) is 42.7 Å². The molecular weight excluding hydrogens is 312 g/mol. The molecule has 0 radical (unpaired) electrons. The zero-order valence-corrected chi connectivity index (χ0v) is 14.3. The maximum Gasteiger partial charge on any atom is 0.270 e. The highest BCUT2D eigenvalue weighted by Gasteiger charge is 2.10. The van der Waals surface area contributed by atoms with E-state index in [1.165, 1.54) is 0 Å². The van der Waals surface area contributed by atoms with Gasteiger partial charge in [0.1, 0.15) is 5.69 Å². The Bertz CT molecular complexity index is 892. The first-order valence-electron chi connectivity index (χ1n) is 8.12. The molecule has 2 aromatic carbocycles. The van der Waals surface area contributed by atoms with Crippen molar-refractivity contribution in [2.45, 2.75) is 20.4 Å². The van der Waals surface area contributed by atoms with Crippen molar-refractivity contribution >= 4 is 17.5 Å². The van der Waals surface area contributed by atoms with Crippen LogP contribution in [0.2, 0.25) is 0 Å². The molecule has 2 N–H and O–H groups in total. The molecule has 0 atom stereocenters. The Morgan fingerprint density at radius 3 is 2.44 bits per heavy atom. The van der Waals surface area contributed by atoms with Crippen molar-refractivity contribution in [1.82, 2.24) is 15.3 Å². The molecule has 3 rings (SSSR count). The maximum atomic E-state index is 12.4. The minimum Gasteiger partial charge on any atom is -0.347 e. The number of hydrogen-bond acceptors (Lipinski definition) is 4. The van der Waals surface area contributed by atoms with Gasteiger partial charge in [0.2, 0.25) is 5.95 Å². The van der Waals surface area contributed by atoms with Crippen LogP contribution in [0.4, 0.5) is 11.6 Å². The van der Waals surface area contributed by atoms with E-state index in [-0.39, 0.29) is 5.91 Å². The zero-order valence-electron chi connectivity index (χ0n) is 14.3. The summed E-state index contributed by atoms with van der Waals surface area (Å²) in [6, 6.07) is 17.4. The second-order valence-electron chi connectivity index (χ2n) is 5.81. The standard InChI is InChI=1S/C20H20N4O/c1-14-7-3-5-9-16(14)13-22-19(25)18-11-12-21-20(24-18)23-17-10-6-4-8-15(17)2/h3-12H,13H2,1-2H3,(H,22,25)(H,21,23,24). The van der Waals surface area contributed by atoms with Gasteiger partial charge in [0.05, 0.1) is 0 Å². The quantitative estimate of drug-likeness (QED) is 0.746. The van der Waals surface area contributed by atoms with E-state index in [0.29, 0.717) is 18.2 Å². The van der Waals surface area contributed by atoms with Gasteiger partial charge in [-0.3, -0.25) is 4.79 Å². The van der Waals surface area contributed by atoms with Gasteiger partial charge in [0.25, 0.3) is 5.91 Å². The third-order valence-electron chi connectivity index (χ3n) is 3.98. The molecule has 5 heteroatoms. The van der Waals surface area contributed by atoms with Gasteiger partial charge in [-0.1, -0.05) is 42.5 Å². The van der Waals surface area contributed by atoms with Crippen molar-refractivity contribution in [3.05, 3.63) is 83.2 Å². The molecule has 0 bridgehead atoms. The Morgan fingerprint density at radius 1 is 0.960 bits per heavy atom. The van der Waals surface area contributed by atoms with Crippen molar-refractivity contribution in [1.29, 1.82) is 0 Å². The van der Waals surface area contributed by atoms with Gasteiger partial charge < -0.3 is 10.6 Å². The van der Waals surface area contributed by atoms with Gasteiger partial charge >= 0.3 is 0 Å². The first-order chi connectivity index (χ1) is 12.1. The second-order valence-corrected chi connectivity index (χ2v) is 5.81. The number of amides is 1. The lowest BCUT2D eigenvalue weighted by atomic mass is 10.1. The SMILES string of the molecule is Cc1ccccc1CNC(=O)c1ccnc(Nc2ccccc2C)n1. The van der Waals surface area contributed by atoms with Gasteiger partial charge in [-0.25, -0.2) is 9.97 Å². The van der Waals surface area contributed by atoms with E-state index in [2.05, 4.69) is 20.6 Å². The summed E-state index contributed by atoms with van der Waals surface area (Å²) in [5.41, 5.74) is 4.57. The van der Waals surface area contributed by atoms with Crippen LogP contribution in [0, 0.1) is 13.8 Å². The number of benzene rings is 2. The van der Waals surface area contributed by atoms with Crippen LogP contribution in [-0.2, 0) is 6.54 Å². The van der Waals surface area contributed by atoms with Crippen molar-refractivity contribution in [3.8, 4) is 0 Å². The number of nitrogens with zero attached hydrogens (tertiary/aromatic N) is 2. The number of nitrogens with one attached hydrogen (secondary N) is 2. The molecule has 5 nitrogen and oxygen atoms in total. The van der Waals surface area contributed by atoms with Gasteiger partial charge in [-0.2, -0.15) is 0 Å².